The van der Waals surface area contributed by atoms with Crippen molar-refractivity contribution in [1.29, 1.82) is 0 Å². The number of benzene rings is 2. The summed E-state index contributed by atoms with van der Waals surface area (Å²) < 4.78 is 5.15. The lowest BCUT2D eigenvalue weighted by atomic mass is 10.1. The van der Waals surface area contributed by atoms with E-state index in [2.05, 4.69) is 10.3 Å². The van der Waals surface area contributed by atoms with Gasteiger partial charge >= 0.3 is 0 Å². The molecule has 3 aromatic rings. The van der Waals surface area contributed by atoms with Crippen molar-refractivity contribution >= 4 is 16.8 Å². The highest BCUT2D eigenvalue weighted by Gasteiger charge is 2.07. The summed E-state index contributed by atoms with van der Waals surface area (Å²) in [6.07, 6.45) is 0.295. The molecule has 0 bridgehead atoms. The third-order valence-corrected chi connectivity index (χ3v) is 3.81. The van der Waals surface area contributed by atoms with Crippen molar-refractivity contribution in [3.8, 4) is 5.75 Å². The van der Waals surface area contributed by atoms with Crippen LogP contribution in [-0.2, 0) is 17.8 Å². The van der Waals surface area contributed by atoms with Gasteiger partial charge in [-0.3, -0.25) is 9.59 Å². The normalized spacial score (nSPS) is 10.5. The molecule has 122 valence electrons. The molecule has 0 aliphatic carbocycles. The fraction of sp³-hybridized carbons (Fsp3) is 0.158. The molecular weight excluding hydrogens is 304 g/mol. The Bertz CT molecular complexity index is 917. The molecule has 5 heteroatoms. The molecule has 2 aromatic carbocycles. The SMILES string of the molecule is COc1ccc2cc(CNC(=O)Cc3ccccc3)c(=O)[nH]c2c1. The molecule has 1 amide bonds. The van der Waals surface area contributed by atoms with Crippen molar-refractivity contribution in [3.05, 3.63) is 76.1 Å². The summed E-state index contributed by atoms with van der Waals surface area (Å²) in [5, 5.41) is 3.68. The molecule has 3 rings (SSSR count). The molecule has 5 nitrogen and oxygen atoms in total. The number of aromatic amines is 1. The lowest BCUT2D eigenvalue weighted by Gasteiger charge is -2.07. The van der Waals surface area contributed by atoms with E-state index in [-0.39, 0.29) is 18.0 Å². The highest BCUT2D eigenvalue weighted by molar-refractivity contribution is 5.81. The number of pyridine rings is 1. The highest BCUT2D eigenvalue weighted by atomic mass is 16.5. The van der Waals surface area contributed by atoms with Crippen LogP contribution in [0.25, 0.3) is 10.9 Å². The first-order valence-corrected chi connectivity index (χ1v) is 7.66. The van der Waals surface area contributed by atoms with E-state index in [0.29, 0.717) is 23.3 Å². The van der Waals surface area contributed by atoms with E-state index in [9.17, 15) is 9.59 Å². The molecule has 0 radical (unpaired) electrons. The van der Waals surface area contributed by atoms with Gasteiger partial charge in [0.2, 0.25) is 5.91 Å². The zero-order valence-electron chi connectivity index (χ0n) is 13.3. The van der Waals surface area contributed by atoms with Crippen molar-refractivity contribution in [3.63, 3.8) is 0 Å². The molecule has 1 aromatic heterocycles. The summed E-state index contributed by atoms with van der Waals surface area (Å²) in [5.41, 5.74) is 1.96. The van der Waals surface area contributed by atoms with Crippen LogP contribution >= 0.6 is 0 Å². The number of hydrogen-bond acceptors (Lipinski definition) is 3. The molecule has 0 saturated heterocycles. The second kappa shape index (κ2) is 7.00. The van der Waals surface area contributed by atoms with Crippen LogP contribution in [0.3, 0.4) is 0 Å². The Morgan fingerprint density at radius 3 is 2.67 bits per heavy atom. The second-order valence-corrected chi connectivity index (χ2v) is 5.52. The van der Waals surface area contributed by atoms with Crippen LogP contribution in [0.4, 0.5) is 0 Å². The monoisotopic (exact) mass is 322 g/mol. The molecule has 0 saturated carbocycles. The van der Waals surface area contributed by atoms with Crippen molar-refractivity contribution in [1.82, 2.24) is 10.3 Å². The maximum Gasteiger partial charge on any atom is 0.253 e. The summed E-state index contributed by atoms with van der Waals surface area (Å²) >= 11 is 0. The van der Waals surface area contributed by atoms with E-state index in [1.165, 1.54) is 0 Å². The quantitative estimate of drug-likeness (QED) is 0.758. The predicted octanol–water partition coefficient (Wildman–Crippen LogP) is 2.40. The molecule has 0 aliphatic heterocycles. The Labute approximate surface area is 139 Å². The van der Waals surface area contributed by atoms with Gasteiger partial charge in [0.05, 0.1) is 19.0 Å². The highest BCUT2D eigenvalue weighted by Crippen LogP contribution is 2.18. The number of ether oxygens (including phenoxy) is 1. The molecule has 0 unspecified atom stereocenters. The lowest BCUT2D eigenvalue weighted by Crippen LogP contribution is -2.27. The number of carbonyl (C=O) groups is 1. The summed E-state index contributed by atoms with van der Waals surface area (Å²) in [4.78, 5) is 27.0. The van der Waals surface area contributed by atoms with Gasteiger partial charge in [-0.25, -0.2) is 0 Å². The summed E-state index contributed by atoms with van der Waals surface area (Å²) in [5.74, 6) is 0.567. The summed E-state index contributed by atoms with van der Waals surface area (Å²) in [7, 11) is 1.58. The van der Waals surface area contributed by atoms with Gasteiger partial charge in [0, 0.05) is 18.2 Å². The number of carbonyl (C=O) groups excluding carboxylic acids is 1. The fourth-order valence-corrected chi connectivity index (χ4v) is 2.52. The maximum atomic E-state index is 12.2. The number of methoxy groups -OCH3 is 1. The van der Waals surface area contributed by atoms with Crippen LogP contribution in [0.15, 0.2) is 59.4 Å². The first-order valence-electron chi connectivity index (χ1n) is 7.66. The minimum absolute atomic E-state index is 0.115. The Morgan fingerprint density at radius 1 is 1.12 bits per heavy atom. The van der Waals surface area contributed by atoms with E-state index in [1.54, 1.807) is 19.2 Å². The smallest absolute Gasteiger partial charge is 0.253 e. The van der Waals surface area contributed by atoms with E-state index in [0.717, 1.165) is 10.9 Å². The third-order valence-electron chi connectivity index (χ3n) is 3.81. The first kappa shape index (κ1) is 15.8. The van der Waals surface area contributed by atoms with Crippen molar-refractivity contribution in [2.75, 3.05) is 7.11 Å². The van der Waals surface area contributed by atoms with Crippen molar-refractivity contribution < 1.29 is 9.53 Å². The summed E-state index contributed by atoms with van der Waals surface area (Å²) in [6, 6.07) is 16.8. The number of hydrogen-bond donors (Lipinski definition) is 2. The molecule has 0 aliphatic rings. The van der Waals surface area contributed by atoms with Crippen LogP contribution in [0, 0.1) is 0 Å². The number of fused-ring (bicyclic) bond motifs is 1. The van der Waals surface area contributed by atoms with Gasteiger partial charge in [0.25, 0.3) is 5.56 Å². The van der Waals surface area contributed by atoms with Gasteiger partial charge < -0.3 is 15.0 Å². The Morgan fingerprint density at radius 2 is 1.92 bits per heavy atom. The molecule has 24 heavy (non-hydrogen) atoms. The molecule has 0 spiro atoms. The number of H-pyrrole nitrogens is 1. The largest absolute Gasteiger partial charge is 0.497 e. The average Bonchev–Trinajstić information content (AvgIpc) is 2.60. The molecule has 1 heterocycles. The minimum atomic E-state index is -0.212. The number of nitrogens with one attached hydrogen (secondary N) is 2. The minimum Gasteiger partial charge on any atom is -0.497 e. The maximum absolute atomic E-state index is 12.2. The molecule has 2 N–H and O–H groups in total. The van der Waals surface area contributed by atoms with Crippen LogP contribution in [0.2, 0.25) is 0 Å². The third kappa shape index (κ3) is 3.63. The van der Waals surface area contributed by atoms with E-state index in [4.69, 9.17) is 4.74 Å². The lowest BCUT2D eigenvalue weighted by molar-refractivity contribution is -0.120. The van der Waals surface area contributed by atoms with E-state index < -0.39 is 0 Å². The Hall–Kier alpha value is -3.08. The Balaban J connectivity index is 1.72. The topological polar surface area (TPSA) is 71.2 Å². The number of aromatic nitrogens is 1. The second-order valence-electron chi connectivity index (χ2n) is 5.52. The van der Waals surface area contributed by atoms with Gasteiger partial charge in [-0.2, -0.15) is 0 Å². The van der Waals surface area contributed by atoms with Crippen LogP contribution in [-0.4, -0.2) is 18.0 Å². The first-order chi connectivity index (χ1) is 11.7. The molecule has 0 atom stereocenters. The van der Waals surface area contributed by atoms with Gasteiger partial charge in [-0.1, -0.05) is 30.3 Å². The van der Waals surface area contributed by atoms with Gasteiger partial charge in [0.1, 0.15) is 5.75 Å². The van der Waals surface area contributed by atoms with E-state index in [1.807, 2.05) is 42.5 Å². The molecule has 0 fully saturated rings. The number of amides is 1. The van der Waals surface area contributed by atoms with Crippen molar-refractivity contribution in [2.45, 2.75) is 13.0 Å². The van der Waals surface area contributed by atoms with Gasteiger partial charge in [-0.15, -0.1) is 0 Å². The van der Waals surface area contributed by atoms with Gasteiger partial charge in [0.15, 0.2) is 0 Å². The van der Waals surface area contributed by atoms with E-state index >= 15 is 0 Å². The predicted molar refractivity (Wildman–Crippen MR) is 93.1 cm³/mol. The zero-order valence-corrected chi connectivity index (χ0v) is 13.3. The van der Waals surface area contributed by atoms with Crippen LogP contribution < -0.4 is 15.6 Å². The standard InChI is InChI=1S/C19H18N2O3/c1-24-16-8-7-14-10-15(19(23)21-17(14)11-16)12-20-18(22)9-13-5-3-2-4-6-13/h2-8,10-11H,9,12H2,1H3,(H,20,22)(H,21,23). The van der Waals surface area contributed by atoms with Crippen LogP contribution in [0.5, 0.6) is 5.75 Å². The zero-order chi connectivity index (χ0) is 16.9. The fourth-order valence-electron chi connectivity index (χ4n) is 2.52. The van der Waals surface area contributed by atoms with Crippen LogP contribution in [0.1, 0.15) is 11.1 Å². The average molecular weight is 322 g/mol. The van der Waals surface area contributed by atoms with Crippen molar-refractivity contribution in [2.24, 2.45) is 0 Å². The molecular formula is C19H18N2O3. The summed E-state index contributed by atoms with van der Waals surface area (Å²) in [6.45, 7) is 0.197. The Kier molecular flexibility index (Phi) is 4.61. The van der Waals surface area contributed by atoms with Gasteiger partial charge in [-0.05, 0) is 29.1 Å². The number of rotatable bonds is 5.